The average molecular weight is 453 g/mol. The molecule has 2 heterocycles. The Labute approximate surface area is 191 Å². The Morgan fingerprint density at radius 3 is 2.52 bits per heavy atom. The Bertz CT molecular complexity index is 1190. The number of ether oxygens (including phenoxy) is 1. The highest BCUT2D eigenvalue weighted by Crippen LogP contribution is 2.23. The van der Waals surface area contributed by atoms with E-state index in [2.05, 4.69) is 9.97 Å². The number of fused-ring (bicyclic) bond motifs is 1. The van der Waals surface area contributed by atoms with Crippen LogP contribution in [0.2, 0.25) is 0 Å². The summed E-state index contributed by atoms with van der Waals surface area (Å²) in [6.07, 6.45) is 0.786. The maximum atomic E-state index is 13.6. The molecule has 0 spiro atoms. The molecule has 1 N–H and O–H groups in total. The van der Waals surface area contributed by atoms with Gasteiger partial charge in [-0.1, -0.05) is 37.3 Å². The third-order valence-corrected chi connectivity index (χ3v) is 5.43. The predicted molar refractivity (Wildman–Crippen MR) is 125 cm³/mol. The van der Waals surface area contributed by atoms with Gasteiger partial charge in [0.15, 0.2) is 5.65 Å². The summed E-state index contributed by atoms with van der Waals surface area (Å²) in [7, 11) is 3.20. The number of carboxylic acids is 1. The van der Waals surface area contributed by atoms with Crippen LogP contribution in [0.25, 0.3) is 11.2 Å². The number of pyridine rings is 1. The molecule has 174 valence electrons. The molecule has 3 aromatic rings. The summed E-state index contributed by atoms with van der Waals surface area (Å²) in [4.78, 5) is 47.4. The Balaban J connectivity index is 2.24. The SMILES string of the molecule is CCC(=O)N(C)c1ccc2nc(CCCC(=O)O)c(=O)n([C@@H](COC)c3ccccc3)c2n1. The third-order valence-electron chi connectivity index (χ3n) is 5.43. The lowest BCUT2D eigenvalue weighted by Crippen LogP contribution is -2.33. The molecule has 0 aliphatic carbocycles. The molecule has 0 saturated carbocycles. The largest absolute Gasteiger partial charge is 0.481 e. The van der Waals surface area contributed by atoms with E-state index in [1.165, 1.54) is 4.90 Å². The zero-order valence-electron chi connectivity index (χ0n) is 19.0. The van der Waals surface area contributed by atoms with E-state index in [4.69, 9.17) is 9.84 Å². The van der Waals surface area contributed by atoms with E-state index in [0.717, 1.165) is 5.56 Å². The highest BCUT2D eigenvalue weighted by Gasteiger charge is 2.23. The number of aliphatic carboxylic acids is 1. The van der Waals surface area contributed by atoms with Crippen molar-refractivity contribution in [3.05, 3.63) is 64.1 Å². The summed E-state index contributed by atoms with van der Waals surface area (Å²) in [5.74, 6) is -0.620. The second-order valence-corrected chi connectivity index (χ2v) is 7.68. The van der Waals surface area contributed by atoms with E-state index in [9.17, 15) is 14.4 Å². The Morgan fingerprint density at radius 1 is 1.15 bits per heavy atom. The number of methoxy groups -OCH3 is 1. The second-order valence-electron chi connectivity index (χ2n) is 7.68. The number of anilines is 1. The van der Waals surface area contributed by atoms with E-state index >= 15 is 0 Å². The minimum Gasteiger partial charge on any atom is -0.481 e. The monoisotopic (exact) mass is 452 g/mol. The molecule has 0 aliphatic rings. The minimum atomic E-state index is -0.924. The number of nitrogens with zero attached hydrogens (tertiary/aromatic N) is 4. The topological polar surface area (TPSA) is 115 Å². The van der Waals surface area contributed by atoms with Crippen LogP contribution in [0.15, 0.2) is 47.3 Å². The fourth-order valence-corrected chi connectivity index (χ4v) is 3.69. The minimum absolute atomic E-state index is 0.0551. The summed E-state index contributed by atoms with van der Waals surface area (Å²) >= 11 is 0. The molecular weight excluding hydrogens is 424 g/mol. The second kappa shape index (κ2) is 10.8. The van der Waals surface area contributed by atoms with E-state index < -0.39 is 12.0 Å². The number of hydrogen-bond donors (Lipinski definition) is 1. The Morgan fingerprint density at radius 2 is 1.88 bits per heavy atom. The van der Waals surface area contributed by atoms with Gasteiger partial charge in [0.1, 0.15) is 17.0 Å². The molecular formula is C24H28N4O5. The molecule has 1 aromatic carbocycles. The molecule has 9 heteroatoms. The van der Waals surface area contributed by atoms with Crippen molar-refractivity contribution < 1.29 is 19.4 Å². The zero-order chi connectivity index (χ0) is 24.0. The van der Waals surface area contributed by atoms with Crippen LogP contribution >= 0.6 is 0 Å². The van der Waals surface area contributed by atoms with Gasteiger partial charge in [-0.15, -0.1) is 0 Å². The Kier molecular flexibility index (Phi) is 7.89. The van der Waals surface area contributed by atoms with E-state index in [-0.39, 0.29) is 36.6 Å². The lowest BCUT2D eigenvalue weighted by molar-refractivity contribution is -0.137. The maximum absolute atomic E-state index is 13.6. The van der Waals surface area contributed by atoms with Crippen LogP contribution in [0, 0.1) is 0 Å². The van der Waals surface area contributed by atoms with Crippen LogP contribution in [0.1, 0.15) is 43.5 Å². The summed E-state index contributed by atoms with van der Waals surface area (Å²) in [5, 5.41) is 8.98. The zero-order valence-corrected chi connectivity index (χ0v) is 19.0. The maximum Gasteiger partial charge on any atom is 0.303 e. The molecule has 33 heavy (non-hydrogen) atoms. The van der Waals surface area contributed by atoms with Gasteiger partial charge >= 0.3 is 5.97 Å². The number of aryl methyl sites for hydroxylation is 1. The van der Waals surface area contributed by atoms with Crippen LogP contribution < -0.4 is 10.5 Å². The van der Waals surface area contributed by atoms with Gasteiger partial charge in [0.05, 0.1) is 12.6 Å². The fourth-order valence-electron chi connectivity index (χ4n) is 3.69. The smallest absolute Gasteiger partial charge is 0.303 e. The molecule has 0 radical (unpaired) electrons. The highest BCUT2D eigenvalue weighted by molar-refractivity contribution is 5.92. The average Bonchev–Trinajstić information content (AvgIpc) is 2.82. The van der Waals surface area contributed by atoms with Crippen LogP contribution in [0.3, 0.4) is 0 Å². The van der Waals surface area contributed by atoms with E-state index in [0.29, 0.717) is 29.8 Å². The molecule has 0 saturated heterocycles. The normalized spacial score (nSPS) is 12.0. The van der Waals surface area contributed by atoms with Gasteiger partial charge in [0.2, 0.25) is 5.91 Å². The van der Waals surface area contributed by atoms with Crippen molar-refractivity contribution in [1.29, 1.82) is 0 Å². The van der Waals surface area contributed by atoms with Gasteiger partial charge in [0, 0.05) is 27.0 Å². The van der Waals surface area contributed by atoms with Crippen molar-refractivity contribution in [3.63, 3.8) is 0 Å². The van der Waals surface area contributed by atoms with Crippen LogP contribution in [0.5, 0.6) is 0 Å². The van der Waals surface area contributed by atoms with Crippen LogP contribution in [-0.2, 0) is 20.7 Å². The molecule has 1 amide bonds. The quantitative estimate of drug-likeness (QED) is 0.503. The van der Waals surface area contributed by atoms with Crippen molar-refractivity contribution in [2.45, 2.75) is 38.6 Å². The standard InChI is InChI=1S/C24H28N4O5/c1-4-21(29)27(2)20-14-13-17-23(26-20)28(19(15-33-3)16-9-6-5-7-10-16)24(32)18(25-17)11-8-12-22(30)31/h5-7,9-10,13-14,19H,4,8,11-12,15H2,1-3H3,(H,30,31)/t19-/m0/s1. The summed E-state index contributed by atoms with van der Waals surface area (Å²) in [6.45, 7) is 1.98. The van der Waals surface area contributed by atoms with Gasteiger partial charge in [-0.25, -0.2) is 9.97 Å². The first-order valence-electron chi connectivity index (χ1n) is 10.8. The van der Waals surface area contributed by atoms with Gasteiger partial charge in [-0.2, -0.15) is 0 Å². The Hall–Kier alpha value is -3.59. The first kappa shape index (κ1) is 24.1. The van der Waals surface area contributed by atoms with E-state index in [1.807, 2.05) is 30.3 Å². The molecule has 1 atom stereocenters. The predicted octanol–water partition coefficient (Wildman–Crippen LogP) is 2.81. The number of carbonyl (C=O) groups excluding carboxylic acids is 1. The first-order chi connectivity index (χ1) is 15.9. The van der Waals surface area contributed by atoms with Crippen molar-refractivity contribution >= 4 is 28.9 Å². The number of carbonyl (C=O) groups is 2. The van der Waals surface area contributed by atoms with Crippen LogP contribution in [0.4, 0.5) is 5.82 Å². The number of rotatable bonds is 10. The number of carboxylic acid groups (broad SMARTS) is 1. The first-order valence-corrected chi connectivity index (χ1v) is 10.8. The molecule has 0 aliphatic heterocycles. The van der Waals surface area contributed by atoms with Crippen molar-refractivity contribution in [2.75, 3.05) is 25.7 Å². The van der Waals surface area contributed by atoms with Gasteiger partial charge in [-0.05, 0) is 30.5 Å². The number of hydrogen-bond acceptors (Lipinski definition) is 6. The van der Waals surface area contributed by atoms with Gasteiger partial charge in [0.25, 0.3) is 5.56 Å². The number of benzene rings is 1. The van der Waals surface area contributed by atoms with Crippen molar-refractivity contribution in [2.24, 2.45) is 0 Å². The fraction of sp³-hybridized carbons (Fsp3) is 0.375. The highest BCUT2D eigenvalue weighted by atomic mass is 16.5. The summed E-state index contributed by atoms with van der Waals surface area (Å²) < 4.78 is 7.00. The molecule has 0 unspecified atom stereocenters. The van der Waals surface area contributed by atoms with Gasteiger partial charge in [-0.3, -0.25) is 23.9 Å². The summed E-state index contributed by atoms with van der Waals surface area (Å²) in [6, 6.07) is 12.4. The van der Waals surface area contributed by atoms with Gasteiger partial charge < -0.3 is 9.84 Å². The number of amides is 1. The van der Waals surface area contributed by atoms with E-state index in [1.54, 1.807) is 37.8 Å². The molecule has 0 fully saturated rings. The molecule has 0 bridgehead atoms. The molecule has 9 nitrogen and oxygen atoms in total. The van der Waals surface area contributed by atoms with Crippen molar-refractivity contribution in [3.8, 4) is 0 Å². The lowest BCUT2D eigenvalue weighted by Gasteiger charge is -2.23. The van der Waals surface area contributed by atoms with Crippen LogP contribution in [-0.4, -0.2) is 52.3 Å². The lowest BCUT2D eigenvalue weighted by atomic mass is 10.1. The number of aromatic nitrogens is 3. The van der Waals surface area contributed by atoms with Crippen molar-refractivity contribution in [1.82, 2.24) is 14.5 Å². The molecule has 3 rings (SSSR count). The molecule has 2 aromatic heterocycles. The summed E-state index contributed by atoms with van der Waals surface area (Å²) in [5.41, 5.74) is 1.59. The third kappa shape index (κ3) is 5.43.